The average molecular weight is 558 g/mol. The van der Waals surface area contributed by atoms with Gasteiger partial charge in [0.2, 0.25) is 5.95 Å². The molecule has 3 aromatic rings. The molecule has 1 heterocycles. The van der Waals surface area contributed by atoms with Crippen LogP contribution in [0.1, 0.15) is 75.8 Å². The van der Waals surface area contributed by atoms with Gasteiger partial charge in [-0.05, 0) is 85.9 Å². The molecule has 0 spiro atoms. The normalized spacial score (nSPS) is 17.6. The van der Waals surface area contributed by atoms with Gasteiger partial charge in [-0.3, -0.25) is 4.79 Å². The summed E-state index contributed by atoms with van der Waals surface area (Å²) >= 11 is 0. The van der Waals surface area contributed by atoms with Crippen molar-refractivity contribution >= 4 is 34.4 Å². The van der Waals surface area contributed by atoms with Gasteiger partial charge in [-0.25, -0.2) is 4.98 Å². The molecule has 0 unspecified atom stereocenters. The Bertz CT molecular complexity index is 1420. The van der Waals surface area contributed by atoms with E-state index in [1.165, 1.54) is 24.3 Å². The van der Waals surface area contributed by atoms with Crippen molar-refractivity contribution in [2.24, 2.45) is 15.8 Å². The molecule has 216 valence electrons. The highest BCUT2D eigenvalue weighted by molar-refractivity contribution is 6.05. The molecule has 1 amide bonds. The summed E-state index contributed by atoms with van der Waals surface area (Å²) < 4.78 is 44.1. The van der Waals surface area contributed by atoms with E-state index >= 15 is 0 Å². The van der Waals surface area contributed by atoms with Crippen molar-refractivity contribution < 1.29 is 22.7 Å². The van der Waals surface area contributed by atoms with Gasteiger partial charge in [0.25, 0.3) is 5.91 Å². The minimum atomic E-state index is -4.76. The Hall–Kier alpha value is -3.56. The maximum absolute atomic E-state index is 13.1. The van der Waals surface area contributed by atoms with Crippen LogP contribution in [0.3, 0.4) is 0 Å². The summed E-state index contributed by atoms with van der Waals surface area (Å²) in [5.41, 5.74) is 3.57. The maximum Gasteiger partial charge on any atom is 0.573 e. The number of ether oxygens (including phenoxy) is 1. The molecular formula is C30H38F3N5O2. The number of aryl methyl sites for hydroxylation is 1. The lowest BCUT2D eigenvalue weighted by molar-refractivity contribution is -0.274. The highest BCUT2D eigenvalue weighted by atomic mass is 19.4. The predicted molar refractivity (Wildman–Crippen MR) is 152 cm³/mol. The Morgan fingerprint density at radius 1 is 1.10 bits per heavy atom. The average Bonchev–Trinajstić information content (AvgIpc) is 3.13. The molecule has 1 N–H and O–H groups in total. The van der Waals surface area contributed by atoms with Gasteiger partial charge in [0.15, 0.2) is 0 Å². The summed E-state index contributed by atoms with van der Waals surface area (Å²) in [4.78, 5) is 24.0. The molecule has 1 aliphatic rings. The number of carbonyl (C=O) groups excluding carboxylic acids is 1. The number of aromatic nitrogens is 2. The van der Waals surface area contributed by atoms with Crippen LogP contribution in [-0.4, -0.2) is 46.7 Å². The number of aliphatic imine (C=N–C) groups is 1. The van der Waals surface area contributed by atoms with Crippen molar-refractivity contribution in [2.45, 2.75) is 73.2 Å². The van der Waals surface area contributed by atoms with Crippen molar-refractivity contribution in [3.63, 3.8) is 0 Å². The van der Waals surface area contributed by atoms with Gasteiger partial charge >= 0.3 is 6.36 Å². The number of alkyl halides is 3. The van der Waals surface area contributed by atoms with Crippen LogP contribution in [0.2, 0.25) is 0 Å². The third kappa shape index (κ3) is 6.77. The zero-order chi connectivity index (χ0) is 29.6. The van der Waals surface area contributed by atoms with E-state index in [-0.39, 0.29) is 28.5 Å². The number of amidine groups is 1. The van der Waals surface area contributed by atoms with Crippen molar-refractivity contribution in [2.75, 3.05) is 19.4 Å². The first-order chi connectivity index (χ1) is 18.4. The number of halogens is 3. The molecule has 0 radical (unpaired) electrons. The molecule has 0 aliphatic heterocycles. The van der Waals surface area contributed by atoms with Crippen molar-refractivity contribution in [1.82, 2.24) is 14.5 Å². The Balaban J connectivity index is 1.81. The summed E-state index contributed by atoms with van der Waals surface area (Å²) in [6, 6.07) is 9.46. The van der Waals surface area contributed by atoms with E-state index in [4.69, 9.17) is 4.98 Å². The van der Waals surface area contributed by atoms with Crippen LogP contribution in [0, 0.1) is 17.8 Å². The van der Waals surface area contributed by atoms with E-state index in [1.54, 1.807) is 17.9 Å². The van der Waals surface area contributed by atoms with Gasteiger partial charge < -0.3 is 19.5 Å². The molecular weight excluding hydrogens is 519 g/mol. The van der Waals surface area contributed by atoms with Crippen LogP contribution in [0.4, 0.5) is 24.8 Å². The Morgan fingerprint density at radius 3 is 2.25 bits per heavy atom. The standard InChI is InChI=1S/C30H38F3N5O2/c1-18-13-25-24(14-23(18)26(39)34-19(2)37(7)8)36-27(35-20-9-11-22(12-10-20)40-30(31,32)33)38(25)21-15-28(3,4)17-29(5,6)16-21/h9-14,21H,15-17H2,1-8H3,(H,35,36)/b34-19+. The SMILES string of the molecule is C/C(=N\C(=O)c1cc2nc(Nc3ccc(OC(F)(F)F)cc3)n(C3CC(C)(C)CC(C)(C)C3)c2cc1C)N(C)C. The van der Waals surface area contributed by atoms with Crippen molar-refractivity contribution in [1.29, 1.82) is 0 Å². The predicted octanol–water partition coefficient (Wildman–Crippen LogP) is 7.88. The lowest BCUT2D eigenvalue weighted by atomic mass is 9.63. The molecule has 0 saturated heterocycles. The van der Waals surface area contributed by atoms with Gasteiger partial charge in [-0.1, -0.05) is 27.7 Å². The molecule has 2 aromatic carbocycles. The van der Waals surface area contributed by atoms with Crippen molar-refractivity contribution in [3.8, 4) is 5.75 Å². The molecule has 1 fully saturated rings. The number of rotatable bonds is 5. The fourth-order valence-electron chi connectivity index (χ4n) is 6.08. The number of fused-ring (bicyclic) bond motifs is 1. The lowest BCUT2D eigenvalue weighted by Gasteiger charge is -2.45. The Labute approximate surface area is 233 Å². The summed E-state index contributed by atoms with van der Waals surface area (Å²) in [6.07, 6.45) is -1.80. The topological polar surface area (TPSA) is 71.7 Å². The Morgan fingerprint density at radius 2 is 1.70 bits per heavy atom. The molecule has 0 atom stereocenters. The highest BCUT2D eigenvalue weighted by Gasteiger charge is 2.40. The minimum Gasteiger partial charge on any atom is -0.406 e. The first kappa shape index (κ1) is 29.4. The largest absolute Gasteiger partial charge is 0.573 e. The van der Waals surface area contributed by atoms with Crippen LogP contribution >= 0.6 is 0 Å². The lowest BCUT2D eigenvalue weighted by Crippen LogP contribution is -2.35. The van der Waals surface area contributed by atoms with Gasteiger partial charge in [0, 0.05) is 31.4 Å². The Kier molecular flexibility index (Phi) is 7.68. The van der Waals surface area contributed by atoms with Crippen LogP contribution in [0.15, 0.2) is 41.4 Å². The smallest absolute Gasteiger partial charge is 0.406 e. The van der Waals surface area contributed by atoms with Crippen LogP contribution in [0.5, 0.6) is 5.75 Å². The van der Waals surface area contributed by atoms with Gasteiger partial charge in [-0.2, -0.15) is 4.99 Å². The summed E-state index contributed by atoms with van der Waals surface area (Å²) in [5.74, 6) is 0.529. The van der Waals surface area contributed by atoms with Crippen LogP contribution in [-0.2, 0) is 0 Å². The summed E-state index contributed by atoms with van der Waals surface area (Å²) in [6.45, 7) is 12.8. The number of nitrogens with one attached hydrogen (secondary N) is 1. The number of imidazole rings is 1. The number of nitrogens with zero attached hydrogens (tertiary/aromatic N) is 4. The molecule has 10 heteroatoms. The van der Waals surface area contributed by atoms with Gasteiger partial charge in [0.05, 0.1) is 11.0 Å². The third-order valence-corrected chi connectivity index (χ3v) is 7.42. The number of hydrogen-bond donors (Lipinski definition) is 1. The third-order valence-electron chi connectivity index (χ3n) is 7.42. The second-order valence-corrected chi connectivity index (χ2v) is 12.6. The number of benzene rings is 2. The number of carbonyl (C=O) groups is 1. The fraction of sp³-hybridized carbons (Fsp3) is 0.500. The summed E-state index contributed by atoms with van der Waals surface area (Å²) in [7, 11) is 3.66. The van der Waals surface area contributed by atoms with Crippen LogP contribution < -0.4 is 10.1 Å². The van der Waals surface area contributed by atoms with Crippen LogP contribution in [0.25, 0.3) is 11.0 Å². The molecule has 4 rings (SSSR count). The quantitative estimate of drug-likeness (QED) is 0.255. The van der Waals surface area contributed by atoms with Gasteiger partial charge in [-0.15, -0.1) is 13.2 Å². The molecule has 1 saturated carbocycles. The first-order valence-electron chi connectivity index (χ1n) is 13.4. The first-order valence-corrected chi connectivity index (χ1v) is 13.4. The number of hydrogen-bond acceptors (Lipinski definition) is 4. The molecule has 7 nitrogen and oxygen atoms in total. The van der Waals surface area contributed by atoms with E-state index in [9.17, 15) is 18.0 Å². The summed E-state index contributed by atoms with van der Waals surface area (Å²) in [5, 5.41) is 3.32. The number of anilines is 2. The van der Waals surface area contributed by atoms with Gasteiger partial charge in [0.1, 0.15) is 11.6 Å². The van der Waals surface area contributed by atoms with E-state index < -0.39 is 6.36 Å². The van der Waals surface area contributed by atoms with E-state index in [2.05, 4.69) is 47.3 Å². The zero-order valence-electron chi connectivity index (χ0n) is 24.4. The van der Waals surface area contributed by atoms with E-state index in [0.29, 0.717) is 28.6 Å². The van der Waals surface area contributed by atoms with E-state index in [0.717, 1.165) is 30.3 Å². The molecule has 40 heavy (non-hydrogen) atoms. The highest BCUT2D eigenvalue weighted by Crippen LogP contribution is 2.51. The second kappa shape index (κ2) is 10.4. The molecule has 0 bridgehead atoms. The maximum atomic E-state index is 13.1. The monoisotopic (exact) mass is 557 g/mol. The van der Waals surface area contributed by atoms with Crippen molar-refractivity contribution in [3.05, 3.63) is 47.5 Å². The fourth-order valence-corrected chi connectivity index (χ4v) is 6.08. The number of amides is 1. The van der Waals surface area contributed by atoms with E-state index in [1.807, 2.05) is 27.1 Å². The molecule has 1 aliphatic carbocycles. The minimum absolute atomic E-state index is 0.0975. The molecule has 1 aromatic heterocycles. The second-order valence-electron chi connectivity index (χ2n) is 12.6. The zero-order valence-corrected chi connectivity index (χ0v) is 24.4.